The Labute approximate surface area is 143 Å². The third kappa shape index (κ3) is 8.12. The van der Waals surface area contributed by atoms with Crippen molar-refractivity contribution in [2.75, 3.05) is 13.2 Å². The molecule has 0 bridgehead atoms. The van der Waals surface area contributed by atoms with Crippen molar-refractivity contribution >= 4 is 22.1 Å². The van der Waals surface area contributed by atoms with Crippen LogP contribution in [0.25, 0.3) is 0 Å². The number of aromatic carboxylic acids is 2. The van der Waals surface area contributed by atoms with E-state index in [2.05, 4.69) is 0 Å². The maximum Gasteiger partial charge on any atom is 1.00 e. The first-order valence-corrected chi connectivity index (χ1v) is 6.38. The molecule has 0 heterocycles. The number of benzene rings is 1. The van der Waals surface area contributed by atoms with E-state index >= 15 is 0 Å². The van der Waals surface area contributed by atoms with Crippen LogP contribution in [0.15, 0.2) is 23.1 Å². The molecule has 114 valence electrons. The molecule has 0 saturated heterocycles. The van der Waals surface area contributed by atoms with Crippen LogP contribution in [-0.2, 0) is 10.1 Å². The Bertz CT molecular complexity index is 568. The van der Waals surface area contributed by atoms with E-state index in [1.807, 2.05) is 0 Å². The molecule has 0 aliphatic carbocycles. The number of aliphatic hydroxyl groups excluding tert-OH is 2. The van der Waals surface area contributed by atoms with Gasteiger partial charge in [-0.3, -0.25) is 4.55 Å². The van der Waals surface area contributed by atoms with Crippen molar-refractivity contribution in [3.05, 3.63) is 29.3 Å². The molecule has 1 rings (SSSR count). The zero-order valence-electron chi connectivity index (χ0n) is 11.9. The second kappa shape index (κ2) is 9.84. The fourth-order valence-corrected chi connectivity index (χ4v) is 1.55. The summed E-state index contributed by atoms with van der Waals surface area (Å²) in [4.78, 5) is 20.4. The van der Waals surface area contributed by atoms with Gasteiger partial charge in [0.2, 0.25) is 0 Å². The van der Waals surface area contributed by atoms with Crippen LogP contribution < -0.4 is 29.6 Å². The molecule has 0 fully saturated rings. The second-order valence-electron chi connectivity index (χ2n) is 3.28. The first-order chi connectivity index (χ1) is 9.13. The molecule has 0 spiro atoms. The van der Waals surface area contributed by atoms with Crippen LogP contribution in [0.4, 0.5) is 0 Å². The molecule has 0 atom stereocenters. The smallest absolute Gasteiger partial charge is 1.00 e. The summed E-state index contributed by atoms with van der Waals surface area (Å²) in [6.07, 6.45) is 0. The molecule has 5 N–H and O–H groups in total. The molecule has 11 heteroatoms. The summed E-state index contributed by atoms with van der Waals surface area (Å²) in [6, 6.07) is 2.13. The molecule has 0 saturated carbocycles. The molecule has 0 aromatic heterocycles. The molecular weight excluding hydrogens is 319 g/mol. The molecule has 0 amide bonds. The van der Waals surface area contributed by atoms with Gasteiger partial charge in [0.15, 0.2) is 0 Å². The maximum atomic E-state index is 10.8. The minimum atomic E-state index is -4.64. The molecule has 1 aromatic carbocycles. The average Bonchev–Trinajstić information content (AvgIpc) is 2.37. The summed E-state index contributed by atoms with van der Waals surface area (Å²) in [6.45, 7) is -0.250. The van der Waals surface area contributed by atoms with Crippen molar-refractivity contribution in [1.82, 2.24) is 0 Å². The average molecular weight is 332 g/mol. The number of hydrogen-bond donors (Lipinski definition) is 5. The van der Waals surface area contributed by atoms with Crippen molar-refractivity contribution in [1.29, 1.82) is 0 Å². The van der Waals surface area contributed by atoms with Crippen LogP contribution >= 0.6 is 0 Å². The summed E-state index contributed by atoms with van der Waals surface area (Å²) in [5, 5.41) is 32.5. The van der Waals surface area contributed by atoms with E-state index in [-0.39, 0.29) is 44.2 Å². The maximum absolute atomic E-state index is 10.8. The van der Waals surface area contributed by atoms with Gasteiger partial charge in [-0.25, -0.2) is 9.59 Å². The Morgan fingerprint density at radius 1 is 0.952 bits per heavy atom. The van der Waals surface area contributed by atoms with Gasteiger partial charge in [-0.15, -0.1) is 0 Å². The quantitative estimate of drug-likeness (QED) is 0.276. The van der Waals surface area contributed by atoms with Gasteiger partial charge in [0, 0.05) is 0 Å². The first-order valence-electron chi connectivity index (χ1n) is 4.94. The number of aliphatic hydroxyl groups is 2. The summed E-state index contributed by atoms with van der Waals surface area (Å²) in [5.74, 6) is -2.99. The van der Waals surface area contributed by atoms with Gasteiger partial charge in [-0.05, 0) is 18.2 Å². The van der Waals surface area contributed by atoms with Gasteiger partial charge in [0.25, 0.3) is 10.1 Å². The largest absolute Gasteiger partial charge is 1.00 e. The van der Waals surface area contributed by atoms with Crippen LogP contribution in [0.3, 0.4) is 0 Å². The Kier molecular flexibility index (Phi) is 10.4. The summed E-state index contributed by atoms with van der Waals surface area (Å²) < 4.78 is 30.2. The van der Waals surface area contributed by atoms with Gasteiger partial charge >= 0.3 is 41.5 Å². The third-order valence-corrected chi connectivity index (χ3v) is 2.63. The normalized spacial score (nSPS) is 9.86. The second-order valence-corrected chi connectivity index (χ2v) is 4.70. The summed E-state index contributed by atoms with van der Waals surface area (Å²) >= 11 is 0. The van der Waals surface area contributed by atoms with Crippen LogP contribution in [0.5, 0.6) is 0 Å². The van der Waals surface area contributed by atoms with Gasteiger partial charge in [-0.1, -0.05) is 0 Å². The van der Waals surface area contributed by atoms with Gasteiger partial charge in [0.1, 0.15) is 0 Å². The van der Waals surface area contributed by atoms with Crippen molar-refractivity contribution < 1.29 is 74.0 Å². The first kappa shape index (κ1) is 22.3. The van der Waals surface area contributed by atoms with E-state index in [0.717, 1.165) is 6.07 Å². The number of rotatable bonds is 4. The molecule has 0 radical (unpaired) electrons. The monoisotopic (exact) mass is 332 g/mol. The Morgan fingerprint density at radius 2 is 1.29 bits per heavy atom. The molecular formula is C10H13NaO9S. The predicted molar refractivity (Wildman–Crippen MR) is 65.5 cm³/mol. The number of carboxylic acids is 2. The number of carbonyl (C=O) groups is 2. The zero-order chi connectivity index (χ0) is 15.9. The molecule has 0 unspecified atom stereocenters. The van der Waals surface area contributed by atoms with Crippen molar-refractivity contribution in [3.8, 4) is 0 Å². The van der Waals surface area contributed by atoms with E-state index in [1.165, 1.54) is 0 Å². The van der Waals surface area contributed by atoms with Crippen LogP contribution in [0, 0.1) is 0 Å². The summed E-state index contributed by atoms with van der Waals surface area (Å²) in [5.41, 5.74) is -1.07. The van der Waals surface area contributed by atoms with E-state index in [1.54, 1.807) is 0 Å². The van der Waals surface area contributed by atoms with E-state index in [4.69, 9.17) is 25.0 Å². The standard InChI is InChI=1S/C8H6O7S.C2H6O2.Na.H/c9-7(10)4-1-5(8(11)12)3-6(2-4)16(13,14)15;3-1-2-4;;/h1-3H,(H,9,10)(H,11,12)(H,13,14,15);3-4H,1-2H2;;/q;;+1;-1. The molecule has 21 heavy (non-hydrogen) atoms. The van der Waals surface area contributed by atoms with Gasteiger partial charge in [0.05, 0.1) is 29.2 Å². The Morgan fingerprint density at radius 3 is 1.48 bits per heavy atom. The van der Waals surface area contributed by atoms with Crippen molar-refractivity contribution in [3.63, 3.8) is 0 Å². The zero-order valence-corrected chi connectivity index (χ0v) is 13.7. The predicted octanol–water partition coefficient (Wildman–Crippen LogP) is -3.58. The molecule has 9 nitrogen and oxygen atoms in total. The summed E-state index contributed by atoms with van der Waals surface area (Å²) in [7, 11) is -4.64. The number of hydrogen-bond acceptors (Lipinski definition) is 6. The molecule has 0 aliphatic heterocycles. The Balaban J connectivity index is -0.000000538. The third-order valence-electron chi connectivity index (χ3n) is 1.80. The van der Waals surface area contributed by atoms with Crippen molar-refractivity contribution in [2.24, 2.45) is 0 Å². The van der Waals surface area contributed by atoms with Crippen LogP contribution in [0.1, 0.15) is 22.1 Å². The fourth-order valence-electron chi connectivity index (χ4n) is 0.995. The van der Waals surface area contributed by atoms with Crippen molar-refractivity contribution in [2.45, 2.75) is 4.90 Å². The molecule has 0 aliphatic rings. The topological polar surface area (TPSA) is 169 Å². The van der Waals surface area contributed by atoms with Gasteiger partial charge in [-0.2, -0.15) is 8.42 Å². The van der Waals surface area contributed by atoms with Crippen LogP contribution in [-0.4, -0.2) is 58.5 Å². The minimum Gasteiger partial charge on any atom is -1.00 e. The minimum absolute atomic E-state index is 0. The number of carboxylic acid groups (broad SMARTS) is 2. The Hall–Kier alpha value is -1.01. The van der Waals surface area contributed by atoms with Crippen LogP contribution in [0.2, 0.25) is 0 Å². The van der Waals surface area contributed by atoms with Gasteiger partial charge < -0.3 is 21.9 Å². The fraction of sp³-hybridized carbons (Fsp3) is 0.200. The van der Waals surface area contributed by atoms with E-state index in [0.29, 0.717) is 12.1 Å². The molecule has 1 aromatic rings. The SMILES string of the molecule is O=C(O)c1cc(C(=O)O)cc(S(=O)(=O)O)c1.OCCO.[H-].[Na+]. The van der Waals surface area contributed by atoms with E-state index in [9.17, 15) is 18.0 Å². The van der Waals surface area contributed by atoms with E-state index < -0.39 is 38.1 Å².